The van der Waals surface area contributed by atoms with E-state index >= 15 is 0 Å². The molecule has 1 amide bonds. The number of nitro benzene ring substituents is 1. The number of morpholine rings is 1. The molecule has 1 aliphatic rings. The van der Waals surface area contributed by atoms with Gasteiger partial charge in [-0.15, -0.1) is 0 Å². The van der Waals surface area contributed by atoms with Gasteiger partial charge in [0.05, 0.1) is 35.1 Å². The van der Waals surface area contributed by atoms with Crippen molar-refractivity contribution in [3.05, 3.63) is 62.1 Å². The number of nitrogens with zero attached hydrogens (tertiary/aromatic N) is 2. The fraction of sp³-hybridized carbons (Fsp3) is 0.278. The van der Waals surface area contributed by atoms with E-state index < -0.39 is 4.92 Å². The normalized spacial score (nSPS) is 14.2. The van der Waals surface area contributed by atoms with Crippen LogP contribution < -0.4 is 10.2 Å². The summed E-state index contributed by atoms with van der Waals surface area (Å²) in [6.07, 6.45) is 0. The first-order chi connectivity index (χ1) is 12.5. The lowest BCUT2D eigenvalue weighted by Crippen LogP contribution is -2.37. The number of carbonyl (C=O) groups is 1. The van der Waals surface area contributed by atoms with Crippen molar-refractivity contribution in [1.29, 1.82) is 0 Å². The van der Waals surface area contributed by atoms with Crippen LogP contribution >= 0.6 is 15.9 Å². The van der Waals surface area contributed by atoms with Gasteiger partial charge in [-0.1, -0.05) is 6.07 Å². The van der Waals surface area contributed by atoms with Gasteiger partial charge in [0.2, 0.25) is 0 Å². The quantitative estimate of drug-likeness (QED) is 0.602. The highest BCUT2D eigenvalue weighted by Crippen LogP contribution is 2.29. The second kappa shape index (κ2) is 7.84. The minimum Gasteiger partial charge on any atom is -0.378 e. The van der Waals surface area contributed by atoms with Crippen molar-refractivity contribution in [2.75, 3.05) is 36.5 Å². The number of halogens is 1. The summed E-state index contributed by atoms with van der Waals surface area (Å²) in [4.78, 5) is 25.5. The second-order valence-corrected chi connectivity index (χ2v) is 6.85. The summed E-state index contributed by atoms with van der Waals surface area (Å²) >= 11 is 3.43. The smallest absolute Gasteiger partial charge is 0.270 e. The molecule has 0 unspecified atom stereocenters. The van der Waals surface area contributed by atoms with E-state index in [0.29, 0.717) is 37.7 Å². The van der Waals surface area contributed by atoms with Crippen molar-refractivity contribution in [2.24, 2.45) is 0 Å². The number of rotatable bonds is 4. The van der Waals surface area contributed by atoms with E-state index in [-0.39, 0.29) is 17.2 Å². The van der Waals surface area contributed by atoms with Gasteiger partial charge in [-0.2, -0.15) is 0 Å². The molecule has 0 saturated carbocycles. The van der Waals surface area contributed by atoms with Crippen LogP contribution in [-0.2, 0) is 4.74 Å². The zero-order chi connectivity index (χ0) is 18.7. The van der Waals surface area contributed by atoms with Crippen LogP contribution in [0, 0.1) is 17.0 Å². The van der Waals surface area contributed by atoms with Gasteiger partial charge >= 0.3 is 0 Å². The van der Waals surface area contributed by atoms with Crippen molar-refractivity contribution in [3.63, 3.8) is 0 Å². The number of ether oxygens (including phenoxy) is 1. The summed E-state index contributed by atoms with van der Waals surface area (Å²) in [5, 5.41) is 14.0. The summed E-state index contributed by atoms with van der Waals surface area (Å²) in [6, 6.07) is 9.94. The number of nitrogens with one attached hydrogen (secondary N) is 1. The zero-order valence-corrected chi connectivity index (χ0v) is 15.8. The molecule has 2 aromatic rings. The molecule has 1 N–H and O–H groups in total. The van der Waals surface area contributed by atoms with Crippen molar-refractivity contribution in [2.45, 2.75) is 6.92 Å². The Bertz CT molecular complexity index is 850. The van der Waals surface area contributed by atoms with Gasteiger partial charge in [0, 0.05) is 29.7 Å². The number of hydrogen-bond donors (Lipinski definition) is 1. The fourth-order valence-corrected chi connectivity index (χ4v) is 3.40. The Labute approximate surface area is 159 Å². The summed E-state index contributed by atoms with van der Waals surface area (Å²) in [6.45, 7) is 4.33. The van der Waals surface area contributed by atoms with Gasteiger partial charge in [0.15, 0.2) is 0 Å². The largest absolute Gasteiger partial charge is 0.378 e. The van der Waals surface area contributed by atoms with Gasteiger partial charge in [-0.05, 0) is 46.6 Å². The topological polar surface area (TPSA) is 84.7 Å². The standard InChI is InChI=1S/C18H18BrN3O4/c1-12-2-4-16(15(19)10-12)20-18(23)14-11-13(22(24)25)3-5-17(14)21-6-8-26-9-7-21/h2-5,10-11H,6-9H2,1H3,(H,20,23). The summed E-state index contributed by atoms with van der Waals surface area (Å²) in [7, 11) is 0. The second-order valence-electron chi connectivity index (χ2n) is 6.00. The van der Waals surface area contributed by atoms with Crippen molar-refractivity contribution in [3.8, 4) is 0 Å². The molecule has 0 spiro atoms. The molecule has 0 atom stereocenters. The van der Waals surface area contributed by atoms with E-state index in [2.05, 4.69) is 21.2 Å². The maximum atomic E-state index is 12.9. The highest BCUT2D eigenvalue weighted by molar-refractivity contribution is 9.10. The zero-order valence-electron chi connectivity index (χ0n) is 14.2. The van der Waals surface area contributed by atoms with Crippen LogP contribution in [0.4, 0.5) is 17.1 Å². The summed E-state index contributed by atoms with van der Waals surface area (Å²) < 4.78 is 6.10. The van der Waals surface area contributed by atoms with Crippen LogP contribution in [0.5, 0.6) is 0 Å². The summed E-state index contributed by atoms with van der Waals surface area (Å²) in [5.41, 5.74) is 2.49. The first-order valence-electron chi connectivity index (χ1n) is 8.14. The minimum absolute atomic E-state index is 0.116. The molecule has 26 heavy (non-hydrogen) atoms. The van der Waals surface area contributed by atoms with Crippen molar-refractivity contribution < 1.29 is 14.5 Å². The highest BCUT2D eigenvalue weighted by Gasteiger charge is 2.22. The van der Waals surface area contributed by atoms with Crippen molar-refractivity contribution >= 4 is 38.9 Å². The number of nitro groups is 1. The molecule has 0 aromatic heterocycles. The maximum Gasteiger partial charge on any atom is 0.270 e. The summed E-state index contributed by atoms with van der Waals surface area (Å²) in [5.74, 6) is -0.389. The lowest BCUT2D eigenvalue weighted by Gasteiger charge is -2.30. The molecule has 1 fully saturated rings. The van der Waals surface area contributed by atoms with Gasteiger partial charge in [0.1, 0.15) is 0 Å². The number of benzene rings is 2. The molecule has 0 bridgehead atoms. The Balaban J connectivity index is 1.95. The van der Waals surface area contributed by atoms with E-state index in [1.165, 1.54) is 12.1 Å². The van der Waals surface area contributed by atoms with Crippen LogP contribution in [0.3, 0.4) is 0 Å². The lowest BCUT2D eigenvalue weighted by atomic mass is 10.1. The number of aryl methyl sites for hydroxylation is 1. The molecular formula is C18H18BrN3O4. The number of hydrogen-bond acceptors (Lipinski definition) is 5. The molecule has 3 rings (SSSR count). The lowest BCUT2D eigenvalue weighted by molar-refractivity contribution is -0.384. The molecule has 0 aliphatic carbocycles. The number of anilines is 2. The molecule has 1 saturated heterocycles. The molecule has 136 valence electrons. The Morgan fingerprint density at radius 1 is 1.23 bits per heavy atom. The van der Waals surface area contributed by atoms with E-state index in [4.69, 9.17) is 4.74 Å². The molecule has 8 heteroatoms. The van der Waals surface area contributed by atoms with Gasteiger partial charge < -0.3 is 15.0 Å². The third kappa shape index (κ3) is 4.03. The van der Waals surface area contributed by atoms with Gasteiger partial charge in [-0.25, -0.2) is 0 Å². The van der Waals surface area contributed by atoms with Crippen LogP contribution in [0.2, 0.25) is 0 Å². The SMILES string of the molecule is Cc1ccc(NC(=O)c2cc([N+](=O)[O-])ccc2N2CCOCC2)c(Br)c1. The molecule has 1 heterocycles. The van der Waals surface area contributed by atoms with Crippen LogP contribution in [0.1, 0.15) is 15.9 Å². The number of amides is 1. The Hall–Kier alpha value is -2.45. The van der Waals surface area contributed by atoms with Gasteiger partial charge in [0.25, 0.3) is 11.6 Å². The average Bonchev–Trinajstić information content (AvgIpc) is 2.64. The Morgan fingerprint density at radius 2 is 1.96 bits per heavy atom. The van der Waals surface area contributed by atoms with E-state index in [1.54, 1.807) is 12.1 Å². The molecular weight excluding hydrogens is 402 g/mol. The van der Waals surface area contributed by atoms with Crippen molar-refractivity contribution in [1.82, 2.24) is 0 Å². The third-order valence-corrected chi connectivity index (χ3v) is 4.82. The molecule has 2 aromatic carbocycles. The highest BCUT2D eigenvalue weighted by atomic mass is 79.9. The van der Waals surface area contributed by atoms with E-state index in [9.17, 15) is 14.9 Å². The predicted octanol–water partition coefficient (Wildman–Crippen LogP) is 3.75. The Kier molecular flexibility index (Phi) is 5.53. The number of non-ortho nitro benzene ring substituents is 1. The first-order valence-corrected chi connectivity index (χ1v) is 8.93. The number of carbonyl (C=O) groups excluding carboxylic acids is 1. The third-order valence-electron chi connectivity index (χ3n) is 4.16. The average molecular weight is 420 g/mol. The van der Waals surface area contributed by atoms with E-state index in [1.807, 2.05) is 24.0 Å². The van der Waals surface area contributed by atoms with Crippen LogP contribution in [0.25, 0.3) is 0 Å². The Morgan fingerprint density at radius 3 is 2.62 bits per heavy atom. The molecule has 0 radical (unpaired) electrons. The molecule has 7 nitrogen and oxygen atoms in total. The fourth-order valence-electron chi connectivity index (χ4n) is 2.81. The predicted molar refractivity (Wildman–Crippen MR) is 103 cm³/mol. The first kappa shape index (κ1) is 18.3. The van der Waals surface area contributed by atoms with Crippen LogP contribution in [-0.4, -0.2) is 37.1 Å². The van der Waals surface area contributed by atoms with Gasteiger partial charge in [-0.3, -0.25) is 14.9 Å². The van der Waals surface area contributed by atoms with Crippen LogP contribution in [0.15, 0.2) is 40.9 Å². The molecule has 1 aliphatic heterocycles. The maximum absolute atomic E-state index is 12.9. The minimum atomic E-state index is -0.498. The van der Waals surface area contributed by atoms with E-state index in [0.717, 1.165) is 10.0 Å². The monoisotopic (exact) mass is 419 g/mol.